The first kappa shape index (κ1) is 18.6. The van der Waals surface area contributed by atoms with Crippen molar-refractivity contribution in [1.82, 2.24) is 0 Å². The van der Waals surface area contributed by atoms with Crippen LogP contribution in [0.1, 0.15) is 35.7 Å². The molecule has 1 atom stereocenters. The molecule has 0 saturated heterocycles. The molecule has 2 aromatic carbocycles. The number of benzene rings is 2. The molecule has 8 heteroatoms. The molecule has 132 valence electrons. The normalized spacial score (nSPS) is 11.6. The Morgan fingerprint density at radius 3 is 2.52 bits per heavy atom. The Hall–Kier alpha value is -2.71. The minimum Gasteiger partial charge on any atom is -0.478 e. The van der Waals surface area contributed by atoms with Gasteiger partial charge in [-0.3, -0.25) is 9.27 Å². The molecule has 0 radical (unpaired) electrons. The summed E-state index contributed by atoms with van der Waals surface area (Å²) in [5, 5.41) is 17.5. The van der Waals surface area contributed by atoms with E-state index in [0.717, 1.165) is 0 Å². The Kier molecular flexibility index (Phi) is 6.26. The van der Waals surface area contributed by atoms with Crippen molar-refractivity contribution in [1.29, 1.82) is 5.41 Å². The molecule has 0 fully saturated rings. The van der Waals surface area contributed by atoms with Crippen LogP contribution in [0.4, 0.5) is 5.69 Å². The molecule has 0 heterocycles. The lowest BCUT2D eigenvalue weighted by Gasteiger charge is -2.17. The minimum atomic E-state index is -2.42. The van der Waals surface area contributed by atoms with E-state index in [4.69, 9.17) is 14.7 Å². The average Bonchev–Trinajstić information content (AvgIpc) is 2.56. The van der Waals surface area contributed by atoms with Gasteiger partial charge in [0.15, 0.2) is 5.75 Å². The van der Waals surface area contributed by atoms with Gasteiger partial charge in [0.05, 0.1) is 11.3 Å². The van der Waals surface area contributed by atoms with Crippen molar-refractivity contribution < 1.29 is 23.4 Å². The van der Waals surface area contributed by atoms with E-state index in [1.54, 1.807) is 24.3 Å². The van der Waals surface area contributed by atoms with Crippen LogP contribution in [0.3, 0.4) is 0 Å². The van der Waals surface area contributed by atoms with Crippen molar-refractivity contribution in [3.63, 3.8) is 0 Å². The minimum absolute atomic E-state index is 0.0282. The van der Waals surface area contributed by atoms with Crippen molar-refractivity contribution in [2.75, 3.05) is 4.72 Å². The molecule has 0 amide bonds. The number of carboxylic acids is 1. The Morgan fingerprint density at radius 1 is 1.28 bits per heavy atom. The zero-order valence-corrected chi connectivity index (χ0v) is 14.3. The zero-order chi connectivity index (χ0) is 18.4. The Balaban J connectivity index is 2.62. The number of para-hydroxylation sites is 1. The first-order chi connectivity index (χ1) is 11.9. The highest BCUT2D eigenvalue weighted by molar-refractivity contribution is 7.80. The van der Waals surface area contributed by atoms with Gasteiger partial charge in [-0.25, -0.2) is 9.00 Å². The fraction of sp³-hybridized carbons (Fsp3) is 0.176. The molecule has 0 saturated carbocycles. The number of hydrogen-bond acceptors (Lipinski definition) is 4. The molecular weight excluding hydrogens is 344 g/mol. The highest BCUT2D eigenvalue weighted by Gasteiger charge is 2.20. The number of ether oxygens (including phenoxy) is 1. The summed E-state index contributed by atoms with van der Waals surface area (Å²) in [6.45, 7) is 1.90. The molecule has 0 aromatic heterocycles. The number of rotatable bonds is 8. The molecule has 2 rings (SSSR count). The van der Waals surface area contributed by atoms with E-state index < -0.39 is 17.2 Å². The van der Waals surface area contributed by atoms with E-state index >= 15 is 0 Å². The monoisotopic (exact) mass is 362 g/mol. The summed E-state index contributed by atoms with van der Waals surface area (Å²) in [4.78, 5) is 11.4. The van der Waals surface area contributed by atoms with Crippen LogP contribution >= 0.6 is 0 Å². The number of carboxylic acid groups (broad SMARTS) is 1. The molecular formula is C17H18N2O5S. The van der Waals surface area contributed by atoms with Gasteiger partial charge in [0.25, 0.3) is 11.3 Å². The lowest BCUT2D eigenvalue weighted by atomic mass is 10.0. The molecule has 0 bridgehead atoms. The summed E-state index contributed by atoms with van der Waals surface area (Å²) in [7, 11) is 0. The second-order valence-corrected chi connectivity index (χ2v) is 5.90. The van der Waals surface area contributed by atoms with Crippen molar-refractivity contribution in [2.24, 2.45) is 0 Å². The number of nitrogens with one attached hydrogen (secondary N) is 2. The largest absolute Gasteiger partial charge is 0.478 e. The van der Waals surface area contributed by atoms with Gasteiger partial charge in [0.1, 0.15) is 5.75 Å². The SMILES string of the molecule is CCCC(=N)c1cc(C(=O)O)cc(NS(=O)O)c1Oc1ccccc1. The third-order valence-corrected chi connectivity index (χ3v) is 3.72. The van der Waals surface area contributed by atoms with Crippen LogP contribution in [-0.2, 0) is 11.3 Å². The van der Waals surface area contributed by atoms with E-state index in [1.807, 2.05) is 13.0 Å². The van der Waals surface area contributed by atoms with Crippen LogP contribution in [0.2, 0.25) is 0 Å². The van der Waals surface area contributed by atoms with E-state index in [1.165, 1.54) is 12.1 Å². The molecule has 0 aliphatic rings. The molecule has 2 aromatic rings. The van der Waals surface area contributed by atoms with Crippen LogP contribution in [0, 0.1) is 5.41 Å². The second kappa shape index (κ2) is 8.41. The predicted molar refractivity (Wildman–Crippen MR) is 96.0 cm³/mol. The zero-order valence-electron chi connectivity index (χ0n) is 13.5. The first-order valence-electron chi connectivity index (χ1n) is 7.52. The van der Waals surface area contributed by atoms with E-state index in [9.17, 15) is 14.1 Å². The van der Waals surface area contributed by atoms with E-state index in [-0.39, 0.29) is 28.3 Å². The third kappa shape index (κ3) is 4.88. The van der Waals surface area contributed by atoms with E-state index in [2.05, 4.69) is 4.72 Å². The van der Waals surface area contributed by atoms with Crippen LogP contribution in [0.5, 0.6) is 11.5 Å². The Bertz CT molecular complexity index is 808. The molecule has 0 aliphatic carbocycles. The Labute approximate surface area is 147 Å². The van der Waals surface area contributed by atoms with Gasteiger partial charge in [0, 0.05) is 11.3 Å². The van der Waals surface area contributed by atoms with Gasteiger partial charge in [-0.05, 0) is 30.7 Å². The topological polar surface area (TPSA) is 120 Å². The maximum absolute atomic E-state index is 11.4. The van der Waals surface area contributed by atoms with Crippen molar-refractivity contribution in [2.45, 2.75) is 19.8 Å². The lowest BCUT2D eigenvalue weighted by molar-refractivity contribution is 0.0697. The van der Waals surface area contributed by atoms with Gasteiger partial charge in [0.2, 0.25) is 0 Å². The summed E-state index contributed by atoms with van der Waals surface area (Å²) in [5.41, 5.74) is 0.367. The highest BCUT2D eigenvalue weighted by atomic mass is 32.2. The summed E-state index contributed by atoms with van der Waals surface area (Å²) >= 11 is -2.42. The maximum atomic E-state index is 11.4. The van der Waals surface area contributed by atoms with E-state index in [0.29, 0.717) is 18.6 Å². The summed E-state index contributed by atoms with van der Waals surface area (Å²) in [6, 6.07) is 11.3. The number of anilines is 1. The summed E-state index contributed by atoms with van der Waals surface area (Å²) in [5.74, 6) is -0.608. The molecule has 1 unspecified atom stereocenters. The van der Waals surface area contributed by atoms with Gasteiger partial charge in [-0.1, -0.05) is 31.5 Å². The van der Waals surface area contributed by atoms with Gasteiger partial charge in [-0.2, -0.15) is 0 Å². The molecule has 25 heavy (non-hydrogen) atoms. The Morgan fingerprint density at radius 2 is 1.96 bits per heavy atom. The molecule has 4 N–H and O–H groups in total. The van der Waals surface area contributed by atoms with Crippen LogP contribution < -0.4 is 9.46 Å². The highest BCUT2D eigenvalue weighted by Crippen LogP contribution is 2.36. The molecule has 7 nitrogen and oxygen atoms in total. The fourth-order valence-electron chi connectivity index (χ4n) is 2.25. The number of aromatic carboxylic acids is 1. The van der Waals surface area contributed by atoms with Crippen molar-refractivity contribution in [3.8, 4) is 11.5 Å². The van der Waals surface area contributed by atoms with Crippen LogP contribution in [0.25, 0.3) is 0 Å². The number of hydrogen-bond donors (Lipinski definition) is 4. The number of carbonyl (C=O) groups is 1. The van der Waals surface area contributed by atoms with Gasteiger partial charge >= 0.3 is 5.97 Å². The third-order valence-electron chi connectivity index (χ3n) is 3.32. The molecule has 0 aliphatic heterocycles. The van der Waals surface area contributed by atoms with Gasteiger partial charge < -0.3 is 15.3 Å². The fourth-order valence-corrected chi connectivity index (χ4v) is 2.59. The molecule has 0 spiro atoms. The quantitative estimate of drug-likeness (QED) is 0.419. The average molecular weight is 362 g/mol. The first-order valence-corrected chi connectivity index (χ1v) is 8.62. The standard InChI is InChI=1S/C17H18N2O5S/c1-2-6-14(18)13-9-11(17(20)21)10-15(19-25(22)23)16(13)24-12-7-4-3-5-8-12/h3-5,7-10,18-19H,2,6H2,1H3,(H,20,21)(H,22,23). The van der Waals surface area contributed by atoms with Crippen LogP contribution in [0.15, 0.2) is 42.5 Å². The van der Waals surface area contributed by atoms with Crippen LogP contribution in [-0.4, -0.2) is 25.5 Å². The summed E-state index contributed by atoms with van der Waals surface area (Å²) in [6.07, 6.45) is 1.10. The smallest absolute Gasteiger partial charge is 0.335 e. The second-order valence-electron chi connectivity index (χ2n) is 5.20. The van der Waals surface area contributed by atoms with Gasteiger partial charge in [-0.15, -0.1) is 0 Å². The van der Waals surface area contributed by atoms with Crippen molar-refractivity contribution in [3.05, 3.63) is 53.6 Å². The maximum Gasteiger partial charge on any atom is 0.335 e. The van der Waals surface area contributed by atoms with Crippen molar-refractivity contribution >= 4 is 28.6 Å². The predicted octanol–water partition coefficient (Wildman–Crippen LogP) is 3.89. The summed E-state index contributed by atoms with van der Waals surface area (Å²) < 4.78 is 28.4. The lowest BCUT2D eigenvalue weighted by Crippen LogP contribution is -2.10.